The van der Waals surface area contributed by atoms with Crippen LogP contribution in [0.15, 0.2) is 48.7 Å². The van der Waals surface area contributed by atoms with E-state index in [4.69, 9.17) is 0 Å². The number of hydrogen-bond acceptors (Lipinski definition) is 4. The molecule has 6 nitrogen and oxygen atoms in total. The van der Waals surface area contributed by atoms with E-state index in [1.54, 1.807) is 18.2 Å². The number of anilines is 1. The van der Waals surface area contributed by atoms with E-state index in [0.717, 1.165) is 50.6 Å². The van der Waals surface area contributed by atoms with Crippen LogP contribution >= 0.6 is 22.6 Å². The van der Waals surface area contributed by atoms with E-state index in [1.165, 1.54) is 12.1 Å². The number of nitrogens with zero attached hydrogens (tertiary/aromatic N) is 4. The molecular formula is C32H31F3IN5O. The number of halogens is 4. The molecule has 2 aromatic heterocycles. The van der Waals surface area contributed by atoms with Crippen molar-refractivity contribution in [3.8, 4) is 11.8 Å². The van der Waals surface area contributed by atoms with Gasteiger partial charge in [-0.05, 0) is 97.4 Å². The van der Waals surface area contributed by atoms with Gasteiger partial charge >= 0.3 is 6.18 Å². The van der Waals surface area contributed by atoms with Crippen LogP contribution in [0.2, 0.25) is 0 Å². The molecule has 1 saturated heterocycles. The lowest BCUT2D eigenvalue weighted by atomic mass is 10.0. The van der Waals surface area contributed by atoms with Crippen LogP contribution in [0.5, 0.6) is 0 Å². The average Bonchev–Trinajstić information content (AvgIpc) is 3.22. The summed E-state index contributed by atoms with van der Waals surface area (Å²) in [5.41, 5.74) is 5.43. The molecule has 1 N–H and O–H groups in total. The van der Waals surface area contributed by atoms with E-state index in [9.17, 15) is 18.0 Å². The van der Waals surface area contributed by atoms with Gasteiger partial charge in [-0.15, -0.1) is 0 Å². The van der Waals surface area contributed by atoms with Gasteiger partial charge in [0.05, 0.1) is 11.1 Å². The number of fused-ring (bicyclic) bond motifs is 1. The van der Waals surface area contributed by atoms with Crippen molar-refractivity contribution in [1.82, 2.24) is 19.4 Å². The summed E-state index contributed by atoms with van der Waals surface area (Å²) in [6.45, 7) is 9.22. The molecule has 42 heavy (non-hydrogen) atoms. The van der Waals surface area contributed by atoms with Gasteiger partial charge in [0.1, 0.15) is 3.70 Å². The summed E-state index contributed by atoms with van der Waals surface area (Å²) >= 11 is 2.21. The highest BCUT2D eigenvalue weighted by atomic mass is 127. The summed E-state index contributed by atoms with van der Waals surface area (Å²) in [5, 5.41) is 7.19. The lowest BCUT2D eigenvalue weighted by Crippen LogP contribution is -2.44. The summed E-state index contributed by atoms with van der Waals surface area (Å²) in [4.78, 5) is 17.3. The molecule has 0 saturated carbocycles. The summed E-state index contributed by atoms with van der Waals surface area (Å²) in [7, 11) is 2.00. The first-order valence-corrected chi connectivity index (χ1v) is 14.7. The van der Waals surface area contributed by atoms with Crippen LogP contribution in [-0.4, -0.2) is 58.5 Å². The van der Waals surface area contributed by atoms with Gasteiger partial charge in [0, 0.05) is 66.9 Å². The fourth-order valence-electron chi connectivity index (χ4n) is 5.14. The molecule has 0 aliphatic carbocycles. The quantitative estimate of drug-likeness (QED) is 0.203. The van der Waals surface area contributed by atoms with Crippen LogP contribution in [0.3, 0.4) is 0 Å². The van der Waals surface area contributed by atoms with Crippen molar-refractivity contribution < 1.29 is 18.0 Å². The number of benzene rings is 2. The number of aromatic nitrogens is 2. The maximum absolute atomic E-state index is 14.0. The number of rotatable bonds is 4. The topological polar surface area (TPSA) is 52.9 Å². The van der Waals surface area contributed by atoms with Crippen LogP contribution in [0.1, 0.15) is 49.3 Å². The Hall–Kier alpha value is -3.40. The molecule has 4 aromatic rings. The number of alkyl halides is 3. The fourth-order valence-corrected chi connectivity index (χ4v) is 5.63. The number of amides is 1. The molecule has 0 bridgehead atoms. The molecule has 0 unspecified atom stereocenters. The predicted octanol–water partition coefficient (Wildman–Crippen LogP) is 6.28. The number of carbonyl (C=O) groups excluding carboxylic acids is 1. The third-order valence-electron chi connectivity index (χ3n) is 7.60. The number of carbonyl (C=O) groups is 1. The summed E-state index contributed by atoms with van der Waals surface area (Å²) in [6, 6.07) is 11.1. The third-order valence-corrected chi connectivity index (χ3v) is 8.63. The van der Waals surface area contributed by atoms with Crippen LogP contribution < -0.4 is 5.32 Å². The second kappa shape index (κ2) is 12.1. The molecule has 2 aromatic carbocycles. The minimum Gasteiger partial charge on any atom is -0.322 e. The Morgan fingerprint density at radius 2 is 1.74 bits per heavy atom. The number of likely N-dealkylation sites (N-methyl/N-ethyl adjacent to an activating group) is 1. The summed E-state index contributed by atoms with van der Waals surface area (Å²) in [5.74, 6) is 5.82. The normalized spacial score (nSPS) is 14.6. The molecule has 0 spiro atoms. The van der Waals surface area contributed by atoms with Crippen molar-refractivity contribution in [1.29, 1.82) is 0 Å². The minimum atomic E-state index is -4.54. The number of piperazine rings is 1. The van der Waals surface area contributed by atoms with Crippen LogP contribution in [0.4, 0.5) is 18.9 Å². The smallest absolute Gasteiger partial charge is 0.322 e. The highest BCUT2D eigenvalue weighted by Crippen LogP contribution is 2.35. The van der Waals surface area contributed by atoms with Crippen LogP contribution in [0.25, 0.3) is 5.52 Å². The zero-order chi connectivity index (χ0) is 30.2. The van der Waals surface area contributed by atoms with Gasteiger partial charge in [0.25, 0.3) is 5.91 Å². The monoisotopic (exact) mass is 685 g/mol. The molecule has 1 aliphatic heterocycles. The SMILES string of the molecule is Cc1ccc(C(=O)Nc2ccc(CN3CCN(C)CC3)c(C(F)(F)F)c2)cc1C#Cc1cc(C)c2c(C)c(I)nn2c1. The molecule has 0 radical (unpaired) electrons. The molecule has 218 valence electrons. The fraction of sp³-hybridized carbons (Fsp3) is 0.312. The summed E-state index contributed by atoms with van der Waals surface area (Å²) in [6.07, 6.45) is -2.66. The van der Waals surface area contributed by atoms with Gasteiger partial charge in [-0.1, -0.05) is 24.0 Å². The highest BCUT2D eigenvalue weighted by molar-refractivity contribution is 14.1. The molecule has 0 atom stereocenters. The Labute approximate surface area is 257 Å². The Morgan fingerprint density at radius 1 is 1.00 bits per heavy atom. The van der Waals surface area contributed by atoms with Crippen molar-refractivity contribution in [2.75, 3.05) is 38.5 Å². The van der Waals surface area contributed by atoms with Gasteiger partial charge in [-0.3, -0.25) is 9.69 Å². The Balaban J connectivity index is 1.36. The summed E-state index contributed by atoms with van der Waals surface area (Å²) < 4.78 is 44.8. The minimum absolute atomic E-state index is 0.0931. The van der Waals surface area contributed by atoms with Crippen LogP contribution in [0, 0.1) is 36.3 Å². The lowest BCUT2D eigenvalue weighted by molar-refractivity contribution is -0.138. The Bertz CT molecular complexity index is 1730. The standard InChI is InChI=1S/C32H31F3IN5O/c1-20-5-7-25(16-24(20)8-6-23-15-21(2)29-22(3)30(36)38-41(29)18-23)31(42)37-27-10-9-26(28(17-27)32(33,34)35)19-40-13-11-39(4)12-14-40/h5,7,9-10,15-18H,11-14,19H2,1-4H3,(H,37,42). The first kappa shape index (κ1) is 30.1. The van der Waals surface area contributed by atoms with Crippen molar-refractivity contribution in [3.63, 3.8) is 0 Å². The number of aryl methyl sites for hydroxylation is 3. The van der Waals surface area contributed by atoms with Gasteiger partial charge in [0.15, 0.2) is 0 Å². The molecule has 1 fully saturated rings. The van der Waals surface area contributed by atoms with Gasteiger partial charge < -0.3 is 10.2 Å². The Kier molecular flexibility index (Phi) is 8.64. The van der Waals surface area contributed by atoms with Gasteiger partial charge in [-0.25, -0.2) is 4.52 Å². The largest absolute Gasteiger partial charge is 0.416 e. The Morgan fingerprint density at radius 3 is 2.45 bits per heavy atom. The first-order valence-electron chi connectivity index (χ1n) is 13.6. The molecule has 10 heteroatoms. The van der Waals surface area contributed by atoms with Crippen LogP contribution in [-0.2, 0) is 12.7 Å². The number of nitrogens with one attached hydrogen (secondary N) is 1. The molecule has 3 heterocycles. The van der Waals surface area contributed by atoms with E-state index in [1.807, 2.05) is 49.5 Å². The van der Waals surface area contributed by atoms with Gasteiger partial charge in [-0.2, -0.15) is 18.3 Å². The maximum Gasteiger partial charge on any atom is 0.416 e. The predicted molar refractivity (Wildman–Crippen MR) is 167 cm³/mol. The zero-order valence-electron chi connectivity index (χ0n) is 23.9. The molecule has 1 amide bonds. The second-order valence-corrected chi connectivity index (χ2v) is 11.8. The number of hydrogen-bond donors (Lipinski definition) is 1. The number of pyridine rings is 1. The highest BCUT2D eigenvalue weighted by Gasteiger charge is 2.34. The molecular weight excluding hydrogens is 654 g/mol. The first-order chi connectivity index (χ1) is 19.9. The van der Waals surface area contributed by atoms with Crippen molar-refractivity contribution in [3.05, 3.63) is 96.9 Å². The van der Waals surface area contributed by atoms with Crippen molar-refractivity contribution >= 4 is 39.7 Å². The molecule has 1 aliphatic rings. The van der Waals surface area contributed by atoms with Crippen molar-refractivity contribution in [2.24, 2.45) is 0 Å². The average molecular weight is 686 g/mol. The van der Waals surface area contributed by atoms with E-state index in [2.05, 4.69) is 49.7 Å². The lowest BCUT2D eigenvalue weighted by Gasteiger charge is -2.33. The third kappa shape index (κ3) is 6.64. The van der Waals surface area contributed by atoms with Gasteiger partial charge in [0.2, 0.25) is 0 Å². The van der Waals surface area contributed by atoms with Crippen molar-refractivity contribution in [2.45, 2.75) is 33.5 Å². The van der Waals surface area contributed by atoms with E-state index < -0.39 is 17.6 Å². The van der Waals surface area contributed by atoms with E-state index in [-0.39, 0.29) is 17.8 Å². The zero-order valence-corrected chi connectivity index (χ0v) is 26.0. The maximum atomic E-state index is 14.0. The second-order valence-electron chi connectivity index (χ2n) is 10.8. The van der Waals surface area contributed by atoms with E-state index in [0.29, 0.717) is 24.2 Å². The molecule has 5 rings (SSSR count). The van der Waals surface area contributed by atoms with E-state index >= 15 is 0 Å².